The molecule has 3 heterocycles. The topological polar surface area (TPSA) is 99.7 Å². The molecule has 0 radical (unpaired) electrons. The van der Waals surface area contributed by atoms with Crippen LogP contribution in [-0.2, 0) is 14.6 Å². The Hall–Kier alpha value is -2.82. The summed E-state index contributed by atoms with van der Waals surface area (Å²) in [6.45, 7) is 3.45. The van der Waals surface area contributed by atoms with E-state index in [-0.39, 0.29) is 22.5 Å². The van der Waals surface area contributed by atoms with Crippen LogP contribution in [0.5, 0.6) is 0 Å². The zero-order valence-corrected chi connectivity index (χ0v) is 19.9. The summed E-state index contributed by atoms with van der Waals surface area (Å²) in [5.74, 6) is -0.325. The lowest BCUT2D eigenvalue weighted by Gasteiger charge is -2.40. The maximum Gasteiger partial charge on any atom is 0.329 e. The first-order valence-electron chi connectivity index (χ1n) is 10.7. The van der Waals surface area contributed by atoms with Gasteiger partial charge in [0, 0.05) is 25.4 Å². The van der Waals surface area contributed by atoms with E-state index in [1.54, 1.807) is 23.5 Å². The summed E-state index contributed by atoms with van der Waals surface area (Å²) < 4.78 is 25.0. The minimum atomic E-state index is -3.46. The molecule has 2 aromatic carbocycles. The van der Waals surface area contributed by atoms with Crippen molar-refractivity contribution in [3.05, 3.63) is 53.5 Å². The Labute approximate surface area is 196 Å². The van der Waals surface area contributed by atoms with Gasteiger partial charge in [-0.05, 0) is 55.7 Å². The van der Waals surface area contributed by atoms with Gasteiger partial charge in [-0.1, -0.05) is 12.1 Å². The van der Waals surface area contributed by atoms with Crippen molar-refractivity contribution >= 4 is 49.0 Å². The summed E-state index contributed by atoms with van der Waals surface area (Å²) in [5, 5.41) is 2.90. The van der Waals surface area contributed by atoms with E-state index in [0.29, 0.717) is 25.9 Å². The van der Waals surface area contributed by atoms with Crippen molar-refractivity contribution < 1.29 is 18.0 Å². The molecule has 0 aliphatic carbocycles. The van der Waals surface area contributed by atoms with Crippen LogP contribution in [0.2, 0.25) is 0 Å². The van der Waals surface area contributed by atoms with Gasteiger partial charge in [-0.2, -0.15) is 0 Å². The molecule has 10 heteroatoms. The number of fused-ring (bicyclic) bond motifs is 1. The van der Waals surface area contributed by atoms with Crippen LogP contribution in [-0.4, -0.2) is 55.1 Å². The van der Waals surface area contributed by atoms with E-state index in [4.69, 9.17) is 0 Å². The molecule has 5 rings (SSSR count). The van der Waals surface area contributed by atoms with Gasteiger partial charge in [0.15, 0.2) is 9.84 Å². The summed E-state index contributed by atoms with van der Waals surface area (Å²) >= 11 is 1.62. The lowest BCUT2D eigenvalue weighted by atomic mass is 9.86. The van der Waals surface area contributed by atoms with Gasteiger partial charge in [-0.3, -0.25) is 9.69 Å². The zero-order valence-electron chi connectivity index (χ0n) is 18.3. The Kier molecular flexibility index (Phi) is 5.26. The highest BCUT2D eigenvalue weighted by atomic mass is 32.2. The number of urea groups is 1. The van der Waals surface area contributed by atoms with Crippen LogP contribution in [0.25, 0.3) is 10.2 Å². The van der Waals surface area contributed by atoms with Crippen molar-refractivity contribution in [2.75, 3.05) is 24.2 Å². The van der Waals surface area contributed by atoms with Crippen LogP contribution in [0.15, 0.2) is 52.9 Å². The van der Waals surface area contributed by atoms with Crippen LogP contribution in [0, 0.1) is 0 Å². The summed E-state index contributed by atoms with van der Waals surface area (Å²) in [4.78, 5) is 34.0. The fourth-order valence-corrected chi connectivity index (χ4v) is 6.00. The van der Waals surface area contributed by atoms with Gasteiger partial charge in [0.2, 0.25) is 0 Å². The number of anilines is 1. The Morgan fingerprint density at radius 1 is 1.12 bits per heavy atom. The number of nitrogens with zero attached hydrogens (tertiary/aromatic N) is 3. The number of thiazole rings is 1. The highest BCUT2D eigenvalue weighted by Crippen LogP contribution is 2.36. The number of piperidine rings is 1. The minimum Gasteiger partial charge on any atom is -0.323 e. The molecule has 2 fully saturated rings. The van der Waals surface area contributed by atoms with Gasteiger partial charge in [-0.25, -0.2) is 23.1 Å². The Morgan fingerprint density at radius 2 is 1.88 bits per heavy atom. The molecule has 0 saturated carbocycles. The molecule has 3 aromatic rings. The van der Waals surface area contributed by atoms with E-state index in [1.165, 1.54) is 17.7 Å². The number of hydrogen-bond acceptors (Lipinski definition) is 7. The zero-order chi connectivity index (χ0) is 23.4. The average Bonchev–Trinajstić information content (AvgIpc) is 3.35. The van der Waals surface area contributed by atoms with Crippen LogP contribution in [0.1, 0.15) is 31.4 Å². The second kappa shape index (κ2) is 7.89. The van der Waals surface area contributed by atoms with Crippen molar-refractivity contribution in [1.82, 2.24) is 15.2 Å². The maximum atomic E-state index is 13.4. The number of benzene rings is 2. The van der Waals surface area contributed by atoms with E-state index in [2.05, 4.69) is 40.3 Å². The second-order valence-corrected chi connectivity index (χ2v) is 11.6. The summed E-state index contributed by atoms with van der Waals surface area (Å²) in [7, 11) is -3.46. The first-order chi connectivity index (χ1) is 15.7. The van der Waals surface area contributed by atoms with Gasteiger partial charge in [0.1, 0.15) is 5.54 Å². The van der Waals surface area contributed by atoms with Crippen LogP contribution in [0.4, 0.5) is 10.5 Å². The molecule has 1 atom stereocenters. The number of likely N-dealkylation sites (tertiary alicyclic amines) is 1. The Balaban J connectivity index is 1.33. The molecule has 0 unspecified atom stereocenters. The number of carbonyl (C=O) groups is 2. The smallest absolute Gasteiger partial charge is 0.323 e. The SMILES string of the molecule is C[C@H](c1ccc2scnc2c1)N1CCC2(CC1)NC(=O)N(c1cccc(S(C)(=O)=O)c1)C2=O. The van der Waals surface area contributed by atoms with E-state index < -0.39 is 21.4 Å². The molecule has 1 spiro atoms. The van der Waals surface area contributed by atoms with E-state index in [0.717, 1.165) is 21.4 Å². The number of carbonyl (C=O) groups excluding carboxylic acids is 2. The summed E-state index contributed by atoms with van der Waals surface area (Å²) in [6, 6.07) is 11.9. The molecule has 8 nitrogen and oxygen atoms in total. The molecular formula is C23H24N4O4S2. The molecule has 3 amide bonds. The number of aromatic nitrogens is 1. The number of nitrogens with one attached hydrogen (secondary N) is 1. The first-order valence-corrected chi connectivity index (χ1v) is 13.5. The number of rotatable bonds is 4. The fourth-order valence-electron chi connectivity index (χ4n) is 4.69. The lowest BCUT2D eigenvalue weighted by Crippen LogP contribution is -2.55. The van der Waals surface area contributed by atoms with Gasteiger partial charge in [0.05, 0.1) is 26.3 Å². The second-order valence-electron chi connectivity index (χ2n) is 8.71. The van der Waals surface area contributed by atoms with Crippen LogP contribution < -0.4 is 10.2 Å². The highest BCUT2D eigenvalue weighted by Gasteiger charge is 2.53. The number of sulfone groups is 1. The van der Waals surface area contributed by atoms with Gasteiger partial charge >= 0.3 is 6.03 Å². The Bertz CT molecular complexity index is 1360. The van der Waals surface area contributed by atoms with E-state index >= 15 is 0 Å². The third-order valence-corrected chi connectivity index (χ3v) is 8.62. The third-order valence-electron chi connectivity index (χ3n) is 6.70. The van der Waals surface area contributed by atoms with E-state index in [9.17, 15) is 18.0 Å². The van der Waals surface area contributed by atoms with E-state index in [1.807, 2.05) is 5.51 Å². The van der Waals surface area contributed by atoms with Gasteiger partial charge < -0.3 is 5.32 Å². The minimum absolute atomic E-state index is 0.0716. The van der Waals surface area contributed by atoms with Crippen molar-refractivity contribution in [3.8, 4) is 0 Å². The average molecular weight is 485 g/mol. The van der Waals surface area contributed by atoms with Crippen LogP contribution in [0.3, 0.4) is 0 Å². The van der Waals surface area contributed by atoms with Crippen molar-refractivity contribution in [3.63, 3.8) is 0 Å². The molecule has 1 N–H and O–H groups in total. The third kappa shape index (κ3) is 3.81. The number of hydrogen-bond donors (Lipinski definition) is 1. The van der Waals surface area contributed by atoms with Crippen molar-refractivity contribution in [1.29, 1.82) is 0 Å². The Morgan fingerprint density at radius 3 is 2.61 bits per heavy atom. The highest BCUT2D eigenvalue weighted by molar-refractivity contribution is 7.90. The molecular weight excluding hydrogens is 460 g/mol. The first kappa shape index (κ1) is 22.0. The molecule has 1 aromatic heterocycles. The van der Waals surface area contributed by atoms with Crippen molar-refractivity contribution in [2.45, 2.75) is 36.2 Å². The fraction of sp³-hybridized carbons (Fsp3) is 0.348. The molecule has 2 saturated heterocycles. The standard InChI is InChI=1S/C23H24N4O4S2/c1-15(16-6-7-20-19(12-16)24-14-32-20)26-10-8-23(9-11-26)21(28)27(22(29)25-23)17-4-3-5-18(13-17)33(2,30)31/h3-7,12-15H,8-11H2,1-2H3,(H,25,29)/t15-/m1/s1. The predicted octanol–water partition coefficient (Wildman–Crippen LogP) is 3.35. The van der Waals surface area contributed by atoms with Crippen LogP contribution >= 0.6 is 11.3 Å². The predicted molar refractivity (Wildman–Crippen MR) is 127 cm³/mol. The summed E-state index contributed by atoms with van der Waals surface area (Å²) in [6.07, 6.45) is 2.08. The molecule has 33 heavy (non-hydrogen) atoms. The molecule has 172 valence electrons. The summed E-state index contributed by atoms with van der Waals surface area (Å²) in [5.41, 5.74) is 3.31. The van der Waals surface area contributed by atoms with Gasteiger partial charge in [0.25, 0.3) is 5.91 Å². The normalized spacial score (nSPS) is 19.9. The lowest BCUT2D eigenvalue weighted by molar-refractivity contribution is -0.124. The monoisotopic (exact) mass is 484 g/mol. The van der Waals surface area contributed by atoms with Gasteiger partial charge in [-0.15, -0.1) is 11.3 Å². The molecule has 0 bridgehead atoms. The largest absolute Gasteiger partial charge is 0.329 e. The molecule has 2 aliphatic heterocycles. The number of imide groups is 1. The number of amides is 3. The molecule has 2 aliphatic rings. The van der Waals surface area contributed by atoms with Crippen molar-refractivity contribution in [2.24, 2.45) is 0 Å². The quantitative estimate of drug-likeness (QED) is 0.570. The maximum absolute atomic E-state index is 13.4.